The monoisotopic (exact) mass is 249 g/mol. The summed E-state index contributed by atoms with van der Waals surface area (Å²) in [5.74, 6) is 1.00. The van der Waals surface area contributed by atoms with E-state index in [0.29, 0.717) is 6.04 Å². The van der Waals surface area contributed by atoms with Gasteiger partial charge in [-0.15, -0.1) is 0 Å². The molecule has 1 atom stereocenters. The molecule has 1 N–H and O–H groups in total. The highest BCUT2D eigenvalue weighted by Crippen LogP contribution is 2.17. The molecular formula is C16H27NO. The molecule has 1 rings (SSSR count). The van der Waals surface area contributed by atoms with Crippen LogP contribution in [0.2, 0.25) is 0 Å². The molecule has 0 aromatic heterocycles. The third-order valence-electron chi connectivity index (χ3n) is 3.42. The fourth-order valence-electron chi connectivity index (χ4n) is 2.22. The molecule has 2 heteroatoms. The van der Waals surface area contributed by atoms with E-state index in [1.54, 1.807) is 7.11 Å². The molecule has 0 amide bonds. The zero-order valence-electron chi connectivity index (χ0n) is 12.0. The first-order valence-electron chi connectivity index (χ1n) is 7.17. The number of hydrogen-bond acceptors (Lipinski definition) is 2. The minimum absolute atomic E-state index is 0.666. The molecule has 0 radical (unpaired) electrons. The third-order valence-corrected chi connectivity index (χ3v) is 3.42. The minimum Gasteiger partial charge on any atom is -0.496 e. The topological polar surface area (TPSA) is 21.3 Å². The van der Waals surface area contributed by atoms with E-state index in [4.69, 9.17) is 4.74 Å². The zero-order valence-corrected chi connectivity index (χ0v) is 12.0. The number of ether oxygens (including phenoxy) is 1. The van der Waals surface area contributed by atoms with Gasteiger partial charge in [0.25, 0.3) is 0 Å². The van der Waals surface area contributed by atoms with Gasteiger partial charge in [-0.3, -0.25) is 0 Å². The Morgan fingerprint density at radius 3 is 2.67 bits per heavy atom. The maximum atomic E-state index is 5.37. The van der Waals surface area contributed by atoms with Crippen LogP contribution in [-0.4, -0.2) is 19.7 Å². The van der Waals surface area contributed by atoms with E-state index < -0.39 is 0 Å². The van der Waals surface area contributed by atoms with Gasteiger partial charge in [-0.1, -0.05) is 44.9 Å². The summed E-state index contributed by atoms with van der Waals surface area (Å²) in [7, 11) is 1.74. The second-order valence-corrected chi connectivity index (χ2v) is 4.76. The molecular weight excluding hydrogens is 222 g/mol. The molecule has 0 aliphatic rings. The average Bonchev–Trinajstić information content (AvgIpc) is 2.43. The van der Waals surface area contributed by atoms with Gasteiger partial charge in [0, 0.05) is 6.04 Å². The Hall–Kier alpha value is -1.02. The van der Waals surface area contributed by atoms with Crippen molar-refractivity contribution in [2.24, 2.45) is 0 Å². The van der Waals surface area contributed by atoms with Crippen molar-refractivity contribution >= 4 is 0 Å². The Morgan fingerprint density at radius 2 is 2.00 bits per heavy atom. The lowest BCUT2D eigenvalue weighted by atomic mass is 10.1. The molecule has 1 unspecified atom stereocenters. The standard InChI is InChI=1S/C16H27NO/c1-4-6-10-15(5-2)17-13-12-14-9-7-8-11-16(14)18-3/h7-9,11,15,17H,4-6,10,12-13H2,1-3H3. The summed E-state index contributed by atoms with van der Waals surface area (Å²) in [4.78, 5) is 0. The van der Waals surface area contributed by atoms with Crippen LogP contribution in [0.3, 0.4) is 0 Å². The fourth-order valence-corrected chi connectivity index (χ4v) is 2.22. The Morgan fingerprint density at radius 1 is 1.22 bits per heavy atom. The largest absolute Gasteiger partial charge is 0.496 e. The number of methoxy groups -OCH3 is 1. The molecule has 2 nitrogen and oxygen atoms in total. The van der Waals surface area contributed by atoms with Crippen molar-refractivity contribution in [1.29, 1.82) is 0 Å². The Labute approximate surface area is 112 Å². The molecule has 0 saturated heterocycles. The van der Waals surface area contributed by atoms with E-state index in [1.165, 1.54) is 31.2 Å². The molecule has 0 aliphatic heterocycles. The smallest absolute Gasteiger partial charge is 0.122 e. The SMILES string of the molecule is CCCCC(CC)NCCc1ccccc1OC. The van der Waals surface area contributed by atoms with Crippen LogP contribution in [0.15, 0.2) is 24.3 Å². The molecule has 0 saturated carbocycles. The van der Waals surface area contributed by atoms with Crippen LogP contribution in [0.25, 0.3) is 0 Å². The predicted octanol–water partition coefficient (Wildman–Crippen LogP) is 3.80. The van der Waals surface area contributed by atoms with Gasteiger partial charge in [-0.05, 0) is 37.4 Å². The number of hydrogen-bond donors (Lipinski definition) is 1. The van der Waals surface area contributed by atoms with Crippen molar-refractivity contribution < 1.29 is 4.74 Å². The first-order chi connectivity index (χ1) is 8.81. The number of unbranched alkanes of at least 4 members (excludes halogenated alkanes) is 1. The van der Waals surface area contributed by atoms with Gasteiger partial charge in [0.1, 0.15) is 5.75 Å². The summed E-state index contributed by atoms with van der Waals surface area (Å²) in [6.07, 6.45) is 6.14. The highest BCUT2D eigenvalue weighted by Gasteiger charge is 2.06. The summed E-state index contributed by atoms with van der Waals surface area (Å²) >= 11 is 0. The molecule has 102 valence electrons. The van der Waals surface area contributed by atoms with Gasteiger partial charge < -0.3 is 10.1 Å². The van der Waals surface area contributed by atoms with Crippen LogP contribution in [0.5, 0.6) is 5.75 Å². The quantitative estimate of drug-likeness (QED) is 0.719. The molecule has 0 spiro atoms. The van der Waals surface area contributed by atoms with Crippen molar-refractivity contribution in [3.8, 4) is 5.75 Å². The third kappa shape index (κ3) is 5.09. The summed E-state index contributed by atoms with van der Waals surface area (Å²) in [6, 6.07) is 8.94. The van der Waals surface area contributed by atoms with Crippen LogP contribution in [0.4, 0.5) is 0 Å². The number of nitrogens with one attached hydrogen (secondary N) is 1. The van der Waals surface area contributed by atoms with Gasteiger partial charge in [0.2, 0.25) is 0 Å². The molecule has 0 heterocycles. The van der Waals surface area contributed by atoms with Gasteiger partial charge in [0.15, 0.2) is 0 Å². The van der Waals surface area contributed by atoms with Crippen LogP contribution >= 0.6 is 0 Å². The normalized spacial score (nSPS) is 12.4. The fraction of sp³-hybridized carbons (Fsp3) is 0.625. The summed E-state index contributed by atoms with van der Waals surface area (Å²) in [5.41, 5.74) is 1.29. The molecule has 1 aromatic rings. The van der Waals surface area contributed by atoms with Gasteiger partial charge in [-0.2, -0.15) is 0 Å². The molecule has 0 bridgehead atoms. The van der Waals surface area contributed by atoms with E-state index >= 15 is 0 Å². The van der Waals surface area contributed by atoms with Gasteiger partial charge in [-0.25, -0.2) is 0 Å². The van der Waals surface area contributed by atoms with E-state index in [-0.39, 0.29) is 0 Å². The van der Waals surface area contributed by atoms with E-state index in [0.717, 1.165) is 18.7 Å². The highest BCUT2D eigenvalue weighted by molar-refractivity contribution is 5.33. The summed E-state index contributed by atoms with van der Waals surface area (Å²) < 4.78 is 5.37. The predicted molar refractivity (Wildman–Crippen MR) is 78.3 cm³/mol. The van der Waals surface area contributed by atoms with Crippen molar-refractivity contribution in [3.05, 3.63) is 29.8 Å². The first-order valence-corrected chi connectivity index (χ1v) is 7.17. The van der Waals surface area contributed by atoms with Crippen LogP contribution < -0.4 is 10.1 Å². The average molecular weight is 249 g/mol. The van der Waals surface area contributed by atoms with E-state index in [9.17, 15) is 0 Å². The van der Waals surface area contributed by atoms with Crippen molar-refractivity contribution in [1.82, 2.24) is 5.32 Å². The maximum absolute atomic E-state index is 5.37. The van der Waals surface area contributed by atoms with Crippen LogP contribution in [-0.2, 0) is 6.42 Å². The second kappa shape index (κ2) is 8.98. The second-order valence-electron chi connectivity index (χ2n) is 4.76. The lowest BCUT2D eigenvalue weighted by molar-refractivity contribution is 0.406. The maximum Gasteiger partial charge on any atom is 0.122 e. The summed E-state index contributed by atoms with van der Waals surface area (Å²) in [6.45, 7) is 5.54. The zero-order chi connectivity index (χ0) is 13.2. The Bertz CT molecular complexity index is 325. The molecule has 0 aliphatic carbocycles. The number of para-hydroxylation sites is 1. The number of rotatable bonds is 9. The van der Waals surface area contributed by atoms with Crippen molar-refractivity contribution in [2.45, 2.75) is 52.0 Å². The van der Waals surface area contributed by atoms with Crippen LogP contribution in [0.1, 0.15) is 45.1 Å². The lowest BCUT2D eigenvalue weighted by Gasteiger charge is -2.17. The van der Waals surface area contributed by atoms with Gasteiger partial charge >= 0.3 is 0 Å². The number of benzene rings is 1. The summed E-state index contributed by atoms with van der Waals surface area (Å²) in [5, 5.41) is 3.65. The van der Waals surface area contributed by atoms with E-state index in [1.807, 2.05) is 12.1 Å². The van der Waals surface area contributed by atoms with Crippen molar-refractivity contribution in [2.75, 3.05) is 13.7 Å². The van der Waals surface area contributed by atoms with Crippen molar-refractivity contribution in [3.63, 3.8) is 0 Å². The molecule has 18 heavy (non-hydrogen) atoms. The van der Waals surface area contributed by atoms with E-state index in [2.05, 4.69) is 31.3 Å². The minimum atomic E-state index is 0.666. The molecule has 1 aromatic carbocycles. The Kier molecular flexibility index (Phi) is 7.51. The van der Waals surface area contributed by atoms with Gasteiger partial charge in [0.05, 0.1) is 7.11 Å². The first kappa shape index (κ1) is 15.0. The lowest BCUT2D eigenvalue weighted by Crippen LogP contribution is -2.30. The highest BCUT2D eigenvalue weighted by atomic mass is 16.5. The molecule has 0 fully saturated rings. The Balaban J connectivity index is 2.35. The van der Waals surface area contributed by atoms with Crippen LogP contribution in [0, 0.1) is 0 Å².